The summed E-state index contributed by atoms with van der Waals surface area (Å²) in [5.41, 5.74) is 4.26. The molecule has 3 aromatic rings. The molecule has 0 aliphatic rings. The molecule has 116 valence electrons. The largest absolute Gasteiger partial charge is 0.481 e. The zero-order chi connectivity index (χ0) is 16.9. The summed E-state index contributed by atoms with van der Waals surface area (Å²) in [6.07, 6.45) is 6.95. The monoisotopic (exact) mass is 313 g/mol. The van der Waals surface area contributed by atoms with Gasteiger partial charge in [0, 0.05) is 0 Å². The Hall–Kier alpha value is -3.50. The maximum absolute atomic E-state index is 9.47. The van der Waals surface area contributed by atoms with Crippen molar-refractivity contribution in [1.29, 1.82) is 5.26 Å². The predicted octanol–water partition coefficient (Wildman–Crippen LogP) is 3.95. The number of nitrogens with one attached hydrogen (secondary N) is 1. The van der Waals surface area contributed by atoms with Gasteiger partial charge in [-0.3, -0.25) is 0 Å². The van der Waals surface area contributed by atoms with Gasteiger partial charge in [0.2, 0.25) is 0 Å². The van der Waals surface area contributed by atoms with Crippen LogP contribution >= 0.6 is 0 Å². The van der Waals surface area contributed by atoms with Crippen molar-refractivity contribution < 1.29 is 4.74 Å². The van der Waals surface area contributed by atoms with Crippen molar-refractivity contribution in [3.8, 4) is 24.2 Å². The normalized spacial score (nSPS) is 11.0. The molecule has 0 radical (unpaired) electrons. The molecule has 0 spiro atoms. The molecule has 1 aromatic heterocycles. The second kappa shape index (κ2) is 6.73. The van der Waals surface area contributed by atoms with Gasteiger partial charge < -0.3 is 9.72 Å². The molecule has 0 saturated heterocycles. The topological polar surface area (TPSA) is 61.7 Å². The molecule has 3 rings (SSSR count). The van der Waals surface area contributed by atoms with Gasteiger partial charge >= 0.3 is 0 Å². The third-order valence-electron chi connectivity index (χ3n) is 3.53. The number of fused-ring (bicyclic) bond motifs is 1. The lowest BCUT2D eigenvalue weighted by Gasteiger charge is -2.02. The highest BCUT2D eigenvalue weighted by molar-refractivity contribution is 5.90. The third-order valence-corrected chi connectivity index (χ3v) is 3.53. The summed E-state index contributed by atoms with van der Waals surface area (Å²) in [5.74, 6) is 3.68. The van der Waals surface area contributed by atoms with Crippen molar-refractivity contribution in [3.05, 3.63) is 59.4 Å². The van der Waals surface area contributed by atoms with E-state index in [1.165, 1.54) is 0 Å². The number of nitriles is 1. The van der Waals surface area contributed by atoms with Crippen molar-refractivity contribution in [3.63, 3.8) is 0 Å². The summed E-state index contributed by atoms with van der Waals surface area (Å²) >= 11 is 0. The number of allylic oxidation sites excluding steroid dienone is 1. The molecule has 4 nitrogen and oxygen atoms in total. The van der Waals surface area contributed by atoms with Crippen molar-refractivity contribution in [1.82, 2.24) is 9.97 Å². The number of H-pyrrole nitrogens is 1. The molecule has 0 saturated carbocycles. The molecule has 1 heterocycles. The number of benzene rings is 2. The van der Waals surface area contributed by atoms with Crippen LogP contribution in [0.5, 0.6) is 5.75 Å². The molecule has 2 aromatic carbocycles. The van der Waals surface area contributed by atoms with E-state index in [2.05, 4.69) is 22.0 Å². The van der Waals surface area contributed by atoms with Gasteiger partial charge in [-0.2, -0.15) is 5.26 Å². The van der Waals surface area contributed by atoms with Crippen LogP contribution in [0.25, 0.3) is 22.7 Å². The molecular weight excluding hydrogens is 298 g/mol. The average Bonchev–Trinajstić information content (AvgIpc) is 3.01. The number of hydrogen-bond donors (Lipinski definition) is 1. The van der Waals surface area contributed by atoms with Gasteiger partial charge in [0.15, 0.2) is 0 Å². The first-order chi connectivity index (χ1) is 11.7. The highest BCUT2D eigenvalue weighted by Gasteiger charge is 2.08. The summed E-state index contributed by atoms with van der Waals surface area (Å²) in [6, 6.07) is 15.5. The molecule has 0 unspecified atom stereocenters. The number of rotatable bonds is 4. The fourth-order valence-corrected chi connectivity index (χ4v) is 2.36. The van der Waals surface area contributed by atoms with Crippen LogP contribution in [0.4, 0.5) is 0 Å². The van der Waals surface area contributed by atoms with Gasteiger partial charge in [-0.15, -0.1) is 6.42 Å². The Kier molecular flexibility index (Phi) is 4.32. The fourth-order valence-electron chi connectivity index (χ4n) is 2.36. The SMILES string of the molecule is C#CCOc1ccc(C=C(C#N)c2nc3ccc(C)cc3[nH]2)cc1. The van der Waals surface area contributed by atoms with Crippen LogP contribution in [0, 0.1) is 30.6 Å². The van der Waals surface area contributed by atoms with E-state index in [0.717, 1.165) is 22.2 Å². The number of nitrogens with zero attached hydrogens (tertiary/aromatic N) is 2. The number of aromatic nitrogens is 2. The lowest BCUT2D eigenvalue weighted by Crippen LogP contribution is -1.92. The third kappa shape index (κ3) is 3.29. The second-order valence-electron chi connectivity index (χ2n) is 5.34. The van der Waals surface area contributed by atoms with Gasteiger partial charge in [-0.25, -0.2) is 4.98 Å². The maximum Gasteiger partial charge on any atom is 0.149 e. The quantitative estimate of drug-likeness (QED) is 0.586. The van der Waals surface area contributed by atoms with E-state index >= 15 is 0 Å². The predicted molar refractivity (Wildman–Crippen MR) is 95.1 cm³/mol. The summed E-state index contributed by atoms with van der Waals surface area (Å²) in [4.78, 5) is 7.68. The second-order valence-corrected chi connectivity index (χ2v) is 5.34. The van der Waals surface area contributed by atoms with E-state index in [-0.39, 0.29) is 6.61 Å². The fraction of sp³-hybridized carbons (Fsp3) is 0.100. The lowest BCUT2D eigenvalue weighted by atomic mass is 10.1. The summed E-state index contributed by atoms with van der Waals surface area (Å²) < 4.78 is 5.34. The van der Waals surface area contributed by atoms with E-state index < -0.39 is 0 Å². The van der Waals surface area contributed by atoms with Crippen LogP contribution in [-0.4, -0.2) is 16.6 Å². The lowest BCUT2D eigenvalue weighted by molar-refractivity contribution is 0.370. The summed E-state index contributed by atoms with van der Waals surface area (Å²) in [6.45, 7) is 2.25. The van der Waals surface area contributed by atoms with Crippen molar-refractivity contribution in [2.75, 3.05) is 6.61 Å². The Morgan fingerprint density at radius 3 is 2.79 bits per heavy atom. The highest BCUT2D eigenvalue weighted by Crippen LogP contribution is 2.21. The Morgan fingerprint density at radius 2 is 2.08 bits per heavy atom. The van der Waals surface area contributed by atoms with Crippen molar-refractivity contribution >= 4 is 22.7 Å². The Bertz CT molecular complexity index is 982. The number of terminal acetylenes is 1. The summed E-state index contributed by atoms with van der Waals surface area (Å²) in [5, 5.41) is 9.47. The Morgan fingerprint density at radius 1 is 1.29 bits per heavy atom. The number of imidazole rings is 1. The van der Waals surface area contributed by atoms with Gasteiger partial charge in [-0.1, -0.05) is 24.1 Å². The van der Waals surface area contributed by atoms with Crippen LogP contribution in [0.3, 0.4) is 0 Å². The zero-order valence-corrected chi connectivity index (χ0v) is 13.2. The first kappa shape index (κ1) is 15.4. The van der Waals surface area contributed by atoms with Crippen LogP contribution in [-0.2, 0) is 0 Å². The van der Waals surface area contributed by atoms with Crippen LogP contribution in [0.15, 0.2) is 42.5 Å². The number of ether oxygens (including phenoxy) is 1. The molecule has 0 amide bonds. The average molecular weight is 313 g/mol. The van der Waals surface area contributed by atoms with E-state index in [1.54, 1.807) is 6.08 Å². The molecule has 0 aliphatic heterocycles. The van der Waals surface area contributed by atoms with Crippen LogP contribution in [0.1, 0.15) is 17.0 Å². The number of hydrogen-bond acceptors (Lipinski definition) is 3. The Balaban J connectivity index is 1.91. The van der Waals surface area contributed by atoms with E-state index in [0.29, 0.717) is 17.1 Å². The molecule has 4 heteroatoms. The standard InChI is InChI=1S/C20H15N3O/c1-3-10-24-17-7-5-15(6-8-17)12-16(13-21)20-22-18-9-4-14(2)11-19(18)23-20/h1,4-9,11-12H,10H2,2H3,(H,22,23). The van der Waals surface area contributed by atoms with Crippen LogP contribution in [0.2, 0.25) is 0 Å². The van der Waals surface area contributed by atoms with Gasteiger partial charge in [0.1, 0.15) is 24.3 Å². The van der Waals surface area contributed by atoms with Gasteiger partial charge in [0.25, 0.3) is 0 Å². The van der Waals surface area contributed by atoms with Crippen molar-refractivity contribution in [2.45, 2.75) is 6.92 Å². The molecule has 24 heavy (non-hydrogen) atoms. The van der Waals surface area contributed by atoms with Crippen LogP contribution < -0.4 is 4.74 Å². The first-order valence-corrected chi connectivity index (χ1v) is 7.44. The van der Waals surface area contributed by atoms with Crippen molar-refractivity contribution in [2.24, 2.45) is 0 Å². The van der Waals surface area contributed by atoms with E-state index in [4.69, 9.17) is 11.2 Å². The smallest absolute Gasteiger partial charge is 0.149 e. The minimum absolute atomic E-state index is 0.233. The van der Waals surface area contributed by atoms with E-state index in [1.807, 2.05) is 49.4 Å². The minimum Gasteiger partial charge on any atom is -0.481 e. The molecule has 0 fully saturated rings. The first-order valence-electron chi connectivity index (χ1n) is 7.44. The molecule has 0 bridgehead atoms. The molecule has 1 N–H and O–H groups in total. The molecule has 0 aliphatic carbocycles. The highest BCUT2D eigenvalue weighted by atomic mass is 16.5. The number of aryl methyl sites for hydroxylation is 1. The Labute approximate surface area is 140 Å². The van der Waals surface area contributed by atoms with E-state index in [9.17, 15) is 5.26 Å². The number of aromatic amines is 1. The minimum atomic E-state index is 0.233. The molecular formula is C20H15N3O. The zero-order valence-electron chi connectivity index (χ0n) is 13.2. The van der Waals surface area contributed by atoms with Gasteiger partial charge in [-0.05, 0) is 48.4 Å². The van der Waals surface area contributed by atoms with Gasteiger partial charge in [0.05, 0.1) is 16.6 Å². The summed E-state index contributed by atoms with van der Waals surface area (Å²) in [7, 11) is 0. The maximum atomic E-state index is 9.47. The molecule has 0 atom stereocenters.